The quantitative estimate of drug-likeness (QED) is 0.498. The third kappa shape index (κ3) is 8.26. The summed E-state index contributed by atoms with van der Waals surface area (Å²) >= 11 is 0. The van der Waals surface area contributed by atoms with E-state index in [1.165, 1.54) is 6.92 Å². The van der Waals surface area contributed by atoms with Gasteiger partial charge in [0.2, 0.25) is 0 Å². The van der Waals surface area contributed by atoms with Gasteiger partial charge in [-0.3, -0.25) is 9.59 Å². The van der Waals surface area contributed by atoms with E-state index >= 15 is 0 Å². The third-order valence-electron chi connectivity index (χ3n) is 2.00. The van der Waals surface area contributed by atoms with E-state index in [2.05, 4.69) is 6.92 Å². The van der Waals surface area contributed by atoms with Crippen molar-refractivity contribution in [3.05, 3.63) is 0 Å². The van der Waals surface area contributed by atoms with Gasteiger partial charge in [-0.2, -0.15) is 0 Å². The van der Waals surface area contributed by atoms with E-state index in [-0.39, 0.29) is 18.5 Å². The van der Waals surface area contributed by atoms with E-state index in [1.807, 2.05) is 0 Å². The van der Waals surface area contributed by atoms with Gasteiger partial charge in [-0.25, -0.2) is 0 Å². The predicted octanol–water partition coefficient (Wildman–Crippen LogP) is 2.45. The maximum absolute atomic E-state index is 11.4. The Kier molecular flexibility index (Phi) is 6.77. The highest BCUT2D eigenvalue weighted by Crippen LogP contribution is 2.12. The summed E-state index contributed by atoms with van der Waals surface area (Å²) < 4.78 is 10.0. The molecule has 0 aliphatic rings. The lowest BCUT2D eigenvalue weighted by molar-refractivity contribution is -0.167. The van der Waals surface area contributed by atoms with Gasteiger partial charge in [0, 0.05) is 13.3 Å². The van der Waals surface area contributed by atoms with Gasteiger partial charge in [-0.05, 0) is 20.3 Å². The topological polar surface area (TPSA) is 52.6 Å². The number of rotatable bonds is 7. The Bertz CT molecular complexity index is 233. The minimum atomic E-state index is -0.741. The Morgan fingerprint density at radius 3 is 2.31 bits per heavy atom. The molecule has 0 saturated carbocycles. The lowest BCUT2D eigenvalue weighted by atomic mass is 10.1. The van der Waals surface area contributed by atoms with Crippen LogP contribution in [0.3, 0.4) is 0 Å². The second kappa shape index (κ2) is 7.25. The van der Waals surface area contributed by atoms with Crippen molar-refractivity contribution in [2.75, 3.05) is 6.61 Å². The Morgan fingerprint density at radius 2 is 1.81 bits per heavy atom. The molecular formula is C12H22O4. The Hall–Kier alpha value is -1.06. The first-order valence-corrected chi connectivity index (χ1v) is 5.72. The van der Waals surface area contributed by atoms with Crippen LogP contribution in [0.25, 0.3) is 0 Å². The second-order valence-electron chi connectivity index (χ2n) is 4.47. The molecule has 0 radical (unpaired) electrons. The molecule has 94 valence electrons. The van der Waals surface area contributed by atoms with Crippen LogP contribution in [0, 0.1) is 0 Å². The van der Waals surface area contributed by atoms with Gasteiger partial charge in [0.15, 0.2) is 0 Å². The lowest BCUT2D eigenvalue weighted by Gasteiger charge is -2.24. The molecule has 4 nitrogen and oxygen atoms in total. The number of carbonyl (C=O) groups is 2. The van der Waals surface area contributed by atoms with Crippen molar-refractivity contribution < 1.29 is 19.1 Å². The zero-order chi connectivity index (χ0) is 12.6. The van der Waals surface area contributed by atoms with E-state index in [4.69, 9.17) is 9.47 Å². The van der Waals surface area contributed by atoms with Gasteiger partial charge in [-0.1, -0.05) is 19.8 Å². The molecule has 16 heavy (non-hydrogen) atoms. The van der Waals surface area contributed by atoms with Gasteiger partial charge in [0.05, 0.1) is 0 Å². The summed E-state index contributed by atoms with van der Waals surface area (Å²) in [6.45, 7) is 6.97. The second-order valence-corrected chi connectivity index (χ2v) is 4.47. The standard InChI is InChI=1S/C12H22O4/c1-5-6-7-8-11(14)16-12(3,4)9-15-10(2)13/h5-9H2,1-4H3. The zero-order valence-electron chi connectivity index (χ0n) is 10.7. The van der Waals surface area contributed by atoms with Crippen LogP contribution in [0.5, 0.6) is 0 Å². The van der Waals surface area contributed by atoms with Crippen LogP contribution in [0.15, 0.2) is 0 Å². The van der Waals surface area contributed by atoms with Crippen LogP contribution in [-0.2, 0) is 19.1 Å². The Balaban J connectivity index is 3.85. The van der Waals surface area contributed by atoms with Crippen LogP contribution >= 0.6 is 0 Å². The van der Waals surface area contributed by atoms with Crippen molar-refractivity contribution in [3.8, 4) is 0 Å². The number of carbonyl (C=O) groups excluding carboxylic acids is 2. The van der Waals surface area contributed by atoms with Crippen molar-refractivity contribution >= 4 is 11.9 Å². The van der Waals surface area contributed by atoms with Crippen LogP contribution in [0.2, 0.25) is 0 Å². The molecule has 0 aromatic heterocycles. The first-order valence-electron chi connectivity index (χ1n) is 5.72. The van der Waals surface area contributed by atoms with Crippen molar-refractivity contribution in [3.63, 3.8) is 0 Å². The average Bonchev–Trinajstić information content (AvgIpc) is 2.15. The predicted molar refractivity (Wildman–Crippen MR) is 60.9 cm³/mol. The molecule has 0 N–H and O–H groups in total. The van der Waals surface area contributed by atoms with E-state index in [1.54, 1.807) is 13.8 Å². The third-order valence-corrected chi connectivity index (χ3v) is 2.00. The van der Waals surface area contributed by atoms with Crippen LogP contribution in [0.4, 0.5) is 0 Å². The first-order chi connectivity index (χ1) is 7.37. The van der Waals surface area contributed by atoms with Crippen LogP contribution < -0.4 is 0 Å². The first kappa shape index (κ1) is 14.9. The number of hydrogen-bond donors (Lipinski definition) is 0. The van der Waals surface area contributed by atoms with Crippen molar-refractivity contribution in [2.45, 2.75) is 59.0 Å². The van der Waals surface area contributed by atoms with Crippen LogP contribution in [0.1, 0.15) is 53.4 Å². The molecular weight excluding hydrogens is 208 g/mol. The minimum Gasteiger partial charge on any atom is -0.462 e. The summed E-state index contributed by atoms with van der Waals surface area (Å²) in [6, 6.07) is 0. The smallest absolute Gasteiger partial charge is 0.306 e. The number of unbranched alkanes of at least 4 members (excludes halogenated alkanes) is 2. The molecule has 0 aromatic rings. The fourth-order valence-corrected chi connectivity index (χ4v) is 1.18. The summed E-state index contributed by atoms with van der Waals surface area (Å²) in [4.78, 5) is 22.0. The SMILES string of the molecule is CCCCCC(=O)OC(C)(C)COC(C)=O. The summed E-state index contributed by atoms with van der Waals surface area (Å²) in [7, 11) is 0. The maximum atomic E-state index is 11.4. The Labute approximate surface area is 97.3 Å². The van der Waals surface area contributed by atoms with E-state index in [0.29, 0.717) is 6.42 Å². The summed E-state index contributed by atoms with van der Waals surface area (Å²) in [5, 5.41) is 0. The highest BCUT2D eigenvalue weighted by Gasteiger charge is 2.24. The van der Waals surface area contributed by atoms with Gasteiger partial charge >= 0.3 is 11.9 Å². The molecule has 0 rings (SSSR count). The number of esters is 2. The Morgan fingerprint density at radius 1 is 1.19 bits per heavy atom. The molecule has 0 unspecified atom stereocenters. The van der Waals surface area contributed by atoms with Crippen LogP contribution in [-0.4, -0.2) is 24.1 Å². The summed E-state index contributed by atoms with van der Waals surface area (Å²) in [5.74, 6) is -0.597. The van der Waals surface area contributed by atoms with E-state index < -0.39 is 5.60 Å². The average molecular weight is 230 g/mol. The molecule has 0 spiro atoms. The molecule has 0 aromatic carbocycles. The van der Waals surface area contributed by atoms with Crippen molar-refractivity contribution in [2.24, 2.45) is 0 Å². The molecule has 0 aliphatic heterocycles. The largest absolute Gasteiger partial charge is 0.462 e. The summed E-state index contributed by atoms with van der Waals surface area (Å²) in [6.07, 6.45) is 3.37. The molecule has 0 aliphatic carbocycles. The molecule has 0 bridgehead atoms. The fraction of sp³-hybridized carbons (Fsp3) is 0.833. The van der Waals surface area contributed by atoms with E-state index in [0.717, 1.165) is 19.3 Å². The van der Waals surface area contributed by atoms with E-state index in [9.17, 15) is 9.59 Å². The van der Waals surface area contributed by atoms with Crippen molar-refractivity contribution in [1.82, 2.24) is 0 Å². The highest BCUT2D eigenvalue weighted by atomic mass is 16.6. The minimum absolute atomic E-state index is 0.0991. The maximum Gasteiger partial charge on any atom is 0.306 e. The van der Waals surface area contributed by atoms with Crippen molar-refractivity contribution in [1.29, 1.82) is 0 Å². The normalized spacial score (nSPS) is 11.0. The van der Waals surface area contributed by atoms with Gasteiger partial charge in [-0.15, -0.1) is 0 Å². The molecule has 0 amide bonds. The zero-order valence-corrected chi connectivity index (χ0v) is 10.7. The fourth-order valence-electron chi connectivity index (χ4n) is 1.18. The molecule has 0 heterocycles. The van der Waals surface area contributed by atoms with Gasteiger partial charge in [0.25, 0.3) is 0 Å². The molecule has 0 fully saturated rings. The molecule has 0 saturated heterocycles. The number of ether oxygens (including phenoxy) is 2. The lowest BCUT2D eigenvalue weighted by Crippen LogP contribution is -2.34. The molecule has 0 atom stereocenters. The van der Waals surface area contributed by atoms with Gasteiger partial charge in [0.1, 0.15) is 12.2 Å². The summed E-state index contributed by atoms with van der Waals surface area (Å²) in [5.41, 5.74) is -0.741. The monoisotopic (exact) mass is 230 g/mol. The highest BCUT2D eigenvalue weighted by molar-refractivity contribution is 5.70. The number of hydrogen-bond acceptors (Lipinski definition) is 4. The molecule has 4 heteroatoms. The van der Waals surface area contributed by atoms with Gasteiger partial charge < -0.3 is 9.47 Å².